The summed E-state index contributed by atoms with van der Waals surface area (Å²) in [5.74, 6) is -0.183. The van der Waals surface area contributed by atoms with E-state index in [4.69, 9.17) is 0 Å². The van der Waals surface area contributed by atoms with Crippen LogP contribution in [0.5, 0.6) is 0 Å². The Morgan fingerprint density at radius 3 is 2.90 bits per heavy atom. The topological polar surface area (TPSA) is 57.0 Å². The Bertz CT molecular complexity index is 643. The predicted molar refractivity (Wildman–Crippen MR) is 76.0 cm³/mol. The van der Waals surface area contributed by atoms with Gasteiger partial charge in [-0.15, -0.1) is 0 Å². The lowest BCUT2D eigenvalue weighted by Crippen LogP contribution is -2.09. The van der Waals surface area contributed by atoms with Gasteiger partial charge in [0.25, 0.3) is 0 Å². The average molecular weight is 295 g/mol. The molecule has 1 atom stereocenters. The molecule has 0 aliphatic carbocycles. The number of carbonyl (C=O) groups is 1. The molecule has 2 rings (SSSR count). The molecule has 1 aromatic heterocycles. The quantitative estimate of drug-likeness (QED) is 0.632. The maximum atomic E-state index is 13.9. The smallest absolute Gasteiger partial charge is 0.310 e. The first-order valence-electron chi connectivity index (χ1n) is 5.99. The Balaban J connectivity index is 2.25. The summed E-state index contributed by atoms with van der Waals surface area (Å²) in [5.41, 5.74) is 1.77. The minimum absolute atomic E-state index is 0.108. The standard InChI is InChI=1S/C13H15FN3O2P/c1-8-4-5-9(10(14)6-8)12-15-13(16-17(12)2)20-7-11(18)19-3/h4-6,20H,7H2,1-3H3. The number of esters is 1. The van der Waals surface area contributed by atoms with Crippen LogP contribution in [0.25, 0.3) is 11.4 Å². The van der Waals surface area contributed by atoms with Crippen LogP contribution in [0.2, 0.25) is 0 Å². The van der Waals surface area contributed by atoms with E-state index in [0.717, 1.165) is 5.56 Å². The third-order valence-electron chi connectivity index (χ3n) is 2.75. The summed E-state index contributed by atoms with van der Waals surface area (Å²) in [6.45, 7) is 1.83. The highest BCUT2D eigenvalue weighted by Crippen LogP contribution is 2.21. The Morgan fingerprint density at radius 2 is 2.25 bits per heavy atom. The van der Waals surface area contributed by atoms with Crippen molar-refractivity contribution in [2.45, 2.75) is 6.92 Å². The number of benzene rings is 1. The lowest BCUT2D eigenvalue weighted by molar-refractivity contribution is -0.137. The fraction of sp³-hybridized carbons (Fsp3) is 0.308. The van der Waals surface area contributed by atoms with Crippen molar-refractivity contribution in [1.29, 1.82) is 0 Å². The van der Waals surface area contributed by atoms with Gasteiger partial charge >= 0.3 is 5.97 Å². The SMILES string of the molecule is COC(=O)CPc1nc(-c2ccc(C)cc2F)n(C)n1. The number of ether oxygens (including phenoxy) is 1. The van der Waals surface area contributed by atoms with Crippen molar-refractivity contribution in [2.75, 3.05) is 13.3 Å². The monoisotopic (exact) mass is 295 g/mol. The summed E-state index contributed by atoms with van der Waals surface area (Å²) in [7, 11) is 3.15. The van der Waals surface area contributed by atoms with Crippen molar-refractivity contribution in [1.82, 2.24) is 14.8 Å². The lowest BCUT2D eigenvalue weighted by atomic mass is 10.1. The van der Waals surface area contributed by atoms with Gasteiger partial charge in [-0.3, -0.25) is 4.79 Å². The van der Waals surface area contributed by atoms with E-state index in [0.29, 0.717) is 17.0 Å². The molecule has 0 aliphatic heterocycles. The van der Waals surface area contributed by atoms with Crippen LogP contribution in [-0.2, 0) is 16.6 Å². The Labute approximate surface area is 117 Å². The molecule has 0 saturated carbocycles. The van der Waals surface area contributed by atoms with E-state index in [1.165, 1.54) is 17.9 Å². The van der Waals surface area contributed by atoms with Crippen LogP contribution in [0.1, 0.15) is 5.56 Å². The van der Waals surface area contributed by atoms with E-state index >= 15 is 0 Å². The largest absolute Gasteiger partial charge is 0.469 e. The zero-order valence-corrected chi connectivity index (χ0v) is 12.5. The molecule has 7 heteroatoms. The van der Waals surface area contributed by atoms with E-state index in [-0.39, 0.29) is 26.5 Å². The molecule has 0 bridgehead atoms. The van der Waals surface area contributed by atoms with Crippen LogP contribution in [0.15, 0.2) is 18.2 Å². The summed E-state index contributed by atoms with van der Waals surface area (Å²) in [5, 5.41) is 4.20. The van der Waals surface area contributed by atoms with Gasteiger partial charge in [-0.1, -0.05) is 6.07 Å². The number of carbonyl (C=O) groups excluding carboxylic acids is 1. The van der Waals surface area contributed by atoms with Gasteiger partial charge in [0.15, 0.2) is 11.4 Å². The molecule has 0 saturated heterocycles. The van der Waals surface area contributed by atoms with Crippen LogP contribution in [0.4, 0.5) is 4.39 Å². The fourth-order valence-corrected chi connectivity index (χ4v) is 2.57. The van der Waals surface area contributed by atoms with E-state index in [9.17, 15) is 9.18 Å². The number of nitrogens with zero attached hydrogens (tertiary/aromatic N) is 3. The molecule has 0 fully saturated rings. The van der Waals surface area contributed by atoms with E-state index in [1.807, 2.05) is 13.0 Å². The normalized spacial score (nSPS) is 11.2. The number of aryl methyl sites for hydroxylation is 2. The van der Waals surface area contributed by atoms with E-state index in [1.54, 1.807) is 13.1 Å². The van der Waals surface area contributed by atoms with Crippen molar-refractivity contribution in [3.8, 4) is 11.4 Å². The molecule has 0 spiro atoms. The number of aromatic nitrogens is 3. The second kappa shape index (κ2) is 6.09. The lowest BCUT2D eigenvalue weighted by Gasteiger charge is -2.02. The minimum atomic E-state index is -0.330. The number of hydrogen-bond acceptors (Lipinski definition) is 4. The number of halogens is 1. The van der Waals surface area contributed by atoms with Crippen LogP contribution in [0.3, 0.4) is 0 Å². The molecular formula is C13H15FN3O2P. The summed E-state index contributed by atoms with van der Waals surface area (Å²) in [4.78, 5) is 15.4. The fourth-order valence-electron chi connectivity index (χ4n) is 1.72. The highest BCUT2D eigenvalue weighted by molar-refractivity contribution is 7.47. The number of hydrogen-bond donors (Lipinski definition) is 0. The molecule has 5 nitrogen and oxygen atoms in total. The van der Waals surface area contributed by atoms with Crippen molar-refractivity contribution < 1.29 is 13.9 Å². The summed E-state index contributed by atoms with van der Waals surface area (Å²) in [6, 6.07) is 4.96. The van der Waals surface area contributed by atoms with Gasteiger partial charge in [0, 0.05) is 7.05 Å². The summed E-state index contributed by atoms with van der Waals surface area (Å²) in [6.07, 6.45) is 0.232. The zero-order chi connectivity index (χ0) is 14.7. The van der Waals surface area contributed by atoms with Crippen LogP contribution in [-0.4, -0.2) is 34.0 Å². The molecule has 1 heterocycles. The Hall–Kier alpha value is -1.81. The second-order valence-electron chi connectivity index (χ2n) is 4.30. The molecule has 0 aliphatic rings. The third kappa shape index (κ3) is 3.20. The van der Waals surface area contributed by atoms with Crippen molar-refractivity contribution in [3.63, 3.8) is 0 Å². The first-order valence-corrected chi connectivity index (χ1v) is 7.20. The molecule has 1 aromatic carbocycles. The zero-order valence-electron chi connectivity index (χ0n) is 11.5. The molecule has 106 valence electrons. The molecule has 1 unspecified atom stereocenters. The van der Waals surface area contributed by atoms with Gasteiger partial charge in [-0.2, -0.15) is 5.10 Å². The Morgan fingerprint density at radius 1 is 1.50 bits per heavy atom. The molecular weight excluding hydrogens is 280 g/mol. The van der Waals surface area contributed by atoms with Gasteiger partial charge < -0.3 is 4.74 Å². The first kappa shape index (κ1) is 14.6. The summed E-state index contributed by atoms with van der Waals surface area (Å²) >= 11 is 0. The highest BCUT2D eigenvalue weighted by Gasteiger charge is 2.14. The molecule has 0 amide bonds. The van der Waals surface area contributed by atoms with E-state index < -0.39 is 0 Å². The van der Waals surface area contributed by atoms with Gasteiger partial charge in [0.1, 0.15) is 5.82 Å². The third-order valence-corrected chi connectivity index (χ3v) is 3.74. The highest BCUT2D eigenvalue weighted by atomic mass is 31.1. The van der Waals surface area contributed by atoms with Crippen LogP contribution < -0.4 is 5.57 Å². The molecule has 2 aromatic rings. The van der Waals surface area contributed by atoms with Crippen molar-refractivity contribution in [3.05, 3.63) is 29.6 Å². The summed E-state index contributed by atoms with van der Waals surface area (Å²) < 4.78 is 20.0. The second-order valence-corrected chi connectivity index (χ2v) is 5.45. The minimum Gasteiger partial charge on any atom is -0.469 e. The maximum Gasteiger partial charge on any atom is 0.310 e. The van der Waals surface area contributed by atoms with Crippen molar-refractivity contribution >= 4 is 20.1 Å². The first-order chi connectivity index (χ1) is 9.51. The average Bonchev–Trinajstić information content (AvgIpc) is 2.77. The predicted octanol–water partition coefficient (Wildman–Crippen LogP) is 1.41. The number of methoxy groups -OCH3 is 1. The van der Waals surface area contributed by atoms with E-state index in [2.05, 4.69) is 14.8 Å². The Kier molecular flexibility index (Phi) is 4.45. The van der Waals surface area contributed by atoms with Crippen molar-refractivity contribution in [2.24, 2.45) is 7.05 Å². The van der Waals surface area contributed by atoms with Gasteiger partial charge in [0.05, 0.1) is 18.8 Å². The molecule has 0 N–H and O–H groups in total. The van der Waals surface area contributed by atoms with Gasteiger partial charge in [0.2, 0.25) is 0 Å². The van der Waals surface area contributed by atoms with Gasteiger partial charge in [-0.25, -0.2) is 14.1 Å². The molecule has 20 heavy (non-hydrogen) atoms. The number of rotatable bonds is 4. The maximum absolute atomic E-state index is 13.9. The molecule has 0 radical (unpaired) electrons. The van der Waals surface area contributed by atoms with Crippen LogP contribution >= 0.6 is 8.58 Å². The van der Waals surface area contributed by atoms with Crippen LogP contribution in [0, 0.1) is 12.7 Å². The van der Waals surface area contributed by atoms with Gasteiger partial charge in [-0.05, 0) is 33.2 Å².